The molecule has 0 unspecified atom stereocenters. The van der Waals surface area contributed by atoms with Crippen molar-refractivity contribution in [1.29, 1.82) is 5.26 Å². The number of hydrogen-bond acceptors (Lipinski definition) is 5. The second-order valence-corrected chi connectivity index (χ2v) is 5.38. The number of carbonyl (C=O) groups excluding carboxylic acids is 1. The first-order chi connectivity index (χ1) is 12.1. The van der Waals surface area contributed by atoms with Gasteiger partial charge in [0.25, 0.3) is 5.91 Å². The van der Waals surface area contributed by atoms with Crippen molar-refractivity contribution in [1.82, 2.24) is 19.6 Å². The van der Waals surface area contributed by atoms with Crippen molar-refractivity contribution in [2.45, 2.75) is 13.7 Å². The summed E-state index contributed by atoms with van der Waals surface area (Å²) < 4.78 is 8.64. The largest absolute Gasteiger partial charge is 0.471 e. The predicted octanol–water partition coefficient (Wildman–Crippen LogP) is 2.09. The van der Waals surface area contributed by atoms with Gasteiger partial charge in [-0.1, -0.05) is 18.2 Å². The minimum Gasteiger partial charge on any atom is -0.471 e. The summed E-state index contributed by atoms with van der Waals surface area (Å²) >= 11 is 0. The molecule has 1 aromatic carbocycles. The Bertz CT molecular complexity index is 950. The number of nitrogens with zero attached hydrogens (tertiary/aromatic N) is 5. The second-order valence-electron chi connectivity index (χ2n) is 5.38. The molecule has 0 aliphatic rings. The van der Waals surface area contributed by atoms with Gasteiger partial charge in [0.05, 0.1) is 6.20 Å². The molecule has 126 valence electrons. The van der Waals surface area contributed by atoms with Crippen LogP contribution in [-0.4, -0.2) is 25.5 Å². The molecule has 2 aromatic heterocycles. The van der Waals surface area contributed by atoms with Gasteiger partial charge in [-0.05, 0) is 24.6 Å². The number of aromatic nitrogens is 4. The summed E-state index contributed by atoms with van der Waals surface area (Å²) in [7, 11) is 1.64. The molecular weight excluding hydrogens is 320 g/mol. The molecule has 0 spiro atoms. The third-order valence-corrected chi connectivity index (χ3v) is 3.61. The Balaban J connectivity index is 1.67. The monoisotopic (exact) mass is 336 g/mol. The number of anilines is 1. The van der Waals surface area contributed by atoms with Gasteiger partial charge in [0.1, 0.15) is 23.2 Å². The summed E-state index contributed by atoms with van der Waals surface area (Å²) in [6, 6.07) is 11.2. The van der Waals surface area contributed by atoms with Crippen molar-refractivity contribution in [3.8, 4) is 11.8 Å². The molecule has 8 nitrogen and oxygen atoms in total. The van der Waals surface area contributed by atoms with Crippen LogP contribution < -0.4 is 10.1 Å². The maximum absolute atomic E-state index is 12.3. The first kappa shape index (κ1) is 16.3. The SMILES string of the molecule is Cc1ccccc1OCn1ccc(C(=O)Nc2c(C#N)cnn2C)n1. The summed E-state index contributed by atoms with van der Waals surface area (Å²) in [4.78, 5) is 12.3. The molecule has 0 bridgehead atoms. The summed E-state index contributed by atoms with van der Waals surface area (Å²) in [5, 5.41) is 19.8. The number of nitriles is 1. The van der Waals surface area contributed by atoms with Gasteiger partial charge in [0.15, 0.2) is 12.4 Å². The molecule has 3 aromatic rings. The molecule has 0 saturated heterocycles. The van der Waals surface area contributed by atoms with E-state index >= 15 is 0 Å². The van der Waals surface area contributed by atoms with Gasteiger partial charge in [-0.15, -0.1) is 0 Å². The molecule has 1 amide bonds. The molecule has 0 atom stereocenters. The molecule has 3 rings (SSSR count). The highest BCUT2D eigenvalue weighted by Crippen LogP contribution is 2.17. The molecule has 8 heteroatoms. The van der Waals surface area contributed by atoms with E-state index in [2.05, 4.69) is 15.5 Å². The quantitative estimate of drug-likeness (QED) is 0.769. The molecule has 0 aliphatic carbocycles. The van der Waals surface area contributed by atoms with Crippen LogP contribution in [0.3, 0.4) is 0 Å². The van der Waals surface area contributed by atoms with E-state index in [1.807, 2.05) is 37.3 Å². The molecule has 0 saturated carbocycles. The van der Waals surface area contributed by atoms with Gasteiger partial charge >= 0.3 is 0 Å². The highest BCUT2D eigenvalue weighted by atomic mass is 16.5. The Labute approximate surface area is 144 Å². The number of ether oxygens (including phenoxy) is 1. The molecule has 0 radical (unpaired) electrons. The highest BCUT2D eigenvalue weighted by Gasteiger charge is 2.15. The summed E-state index contributed by atoms with van der Waals surface area (Å²) in [6.45, 7) is 2.14. The van der Waals surface area contributed by atoms with Crippen molar-refractivity contribution in [2.75, 3.05) is 5.32 Å². The van der Waals surface area contributed by atoms with E-state index in [9.17, 15) is 4.79 Å². The lowest BCUT2D eigenvalue weighted by atomic mass is 10.2. The molecule has 0 aliphatic heterocycles. The lowest BCUT2D eigenvalue weighted by molar-refractivity contribution is 0.101. The number of para-hydroxylation sites is 1. The van der Waals surface area contributed by atoms with Gasteiger partial charge in [-0.25, -0.2) is 4.68 Å². The molecule has 0 fully saturated rings. The topological polar surface area (TPSA) is 97.8 Å². The Hall–Kier alpha value is -3.60. The zero-order valence-corrected chi connectivity index (χ0v) is 13.8. The lowest BCUT2D eigenvalue weighted by Gasteiger charge is -2.08. The van der Waals surface area contributed by atoms with Gasteiger partial charge in [-0.2, -0.15) is 15.5 Å². The first-order valence-electron chi connectivity index (χ1n) is 7.54. The van der Waals surface area contributed by atoms with Crippen LogP contribution in [0, 0.1) is 18.3 Å². The van der Waals surface area contributed by atoms with E-state index in [1.54, 1.807) is 19.3 Å². The van der Waals surface area contributed by atoms with Crippen molar-refractivity contribution < 1.29 is 9.53 Å². The number of amides is 1. The highest BCUT2D eigenvalue weighted by molar-refractivity contribution is 6.02. The van der Waals surface area contributed by atoms with Gasteiger partial charge < -0.3 is 10.1 Å². The van der Waals surface area contributed by atoms with Crippen LogP contribution in [0.2, 0.25) is 0 Å². The van der Waals surface area contributed by atoms with Crippen molar-refractivity contribution >= 4 is 11.7 Å². The average molecular weight is 336 g/mol. The summed E-state index contributed by atoms with van der Waals surface area (Å²) in [5.41, 5.74) is 1.53. The van der Waals surface area contributed by atoms with Crippen LogP contribution in [0.15, 0.2) is 42.7 Å². The maximum Gasteiger partial charge on any atom is 0.277 e. The number of carbonyl (C=O) groups is 1. The van der Waals surface area contributed by atoms with Crippen molar-refractivity contribution in [3.05, 3.63) is 59.5 Å². The Morgan fingerprint density at radius 1 is 1.36 bits per heavy atom. The van der Waals surface area contributed by atoms with Crippen LogP contribution in [-0.2, 0) is 13.8 Å². The van der Waals surface area contributed by atoms with E-state index in [0.29, 0.717) is 5.82 Å². The van der Waals surface area contributed by atoms with Crippen LogP contribution in [0.1, 0.15) is 21.6 Å². The third-order valence-electron chi connectivity index (χ3n) is 3.61. The standard InChI is InChI=1S/C17H16N6O2/c1-12-5-3-4-6-15(12)25-11-23-8-7-14(21-23)17(24)20-16-13(9-18)10-19-22(16)2/h3-8,10H,11H2,1-2H3,(H,20,24). The van der Waals surface area contributed by atoms with E-state index in [1.165, 1.54) is 15.6 Å². The van der Waals surface area contributed by atoms with Gasteiger partial charge in [-0.3, -0.25) is 9.48 Å². The molecular formula is C17H16N6O2. The third kappa shape index (κ3) is 3.50. The number of benzene rings is 1. The zero-order chi connectivity index (χ0) is 17.8. The maximum atomic E-state index is 12.3. The van der Waals surface area contributed by atoms with Crippen LogP contribution >= 0.6 is 0 Å². The Kier molecular flexibility index (Phi) is 4.48. The zero-order valence-electron chi connectivity index (χ0n) is 13.8. The molecule has 2 heterocycles. The van der Waals surface area contributed by atoms with Crippen LogP contribution in [0.5, 0.6) is 5.75 Å². The normalized spacial score (nSPS) is 10.3. The van der Waals surface area contributed by atoms with E-state index in [0.717, 1.165) is 11.3 Å². The number of hydrogen-bond donors (Lipinski definition) is 1. The van der Waals surface area contributed by atoms with E-state index in [4.69, 9.17) is 10.00 Å². The molecule has 25 heavy (non-hydrogen) atoms. The number of aryl methyl sites for hydroxylation is 2. The Morgan fingerprint density at radius 3 is 2.92 bits per heavy atom. The average Bonchev–Trinajstić information content (AvgIpc) is 3.22. The fraction of sp³-hybridized carbons (Fsp3) is 0.176. The van der Waals surface area contributed by atoms with Crippen molar-refractivity contribution in [3.63, 3.8) is 0 Å². The minimum absolute atomic E-state index is 0.188. The fourth-order valence-corrected chi connectivity index (χ4v) is 2.25. The second kappa shape index (κ2) is 6.88. The van der Waals surface area contributed by atoms with Gasteiger partial charge in [0.2, 0.25) is 0 Å². The first-order valence-corrected chi connectivity index (χ1v) is 7.54. The predicted molar refractivity (Wildman–Crippen MR) is 89.9 cm³/mol. The minimum atomic E-state index is -0.422. The van der Waals surface area contributed by atoms with Crippen molar-refractivity contribution in [2.24, 2.45) is 7.05 Å². The van der Waals surface area contributed by atoms with E-state index < -0.39 is 5.91 Å². The number of rotatable bonds is 5. The van der Waals surface area contributed by atoms with Gasteiger partial charge in [0, 0.05) is 13.2 Å². The van der Waals surface area contributed by atoms with Crippen LogP contribution in [0.4, 0.5) is 5.82 Å². The van der Waals surface area contributed by atoms with Crippen LogP contribution in [0.25, 0.3) is 0 Å². The summed E-state index contributed by atoms with van der Waals surface area (Å²) in [6.07, 6.45) is 3.05. The van der Waals surface area contributed by atoms with E-state index in [-0.39, 0.29) is 18.0 Å². The lowest BCUT2D eigenvalue weighted by Crippen LogP contribution is -2.17. The Morgan fingerprint density at radius 2 is 2.16 bits per heavy atom. The fourth-order valence-electron chi connectivity index (χ4n) is 2.25. The smallest absolute Gasteiger partial charge is 0.277 e. The summed E-state index contributed by atoms with van der Waals surface area (Å²) in [5.74, 6) is 0.672. The number of nitrogens with one attached hydrogen (secondary N) is 1. The molecule has 1 N–H and O–H groups in total.